The van der Waals surface area contributed by atoms with Crippen LogP contribution < -0.4 is 5.32 Å². The molecule has 1 aromatic carbocycles. The third kappa shape index (κ3) is 3.08. The van der Waals surface area contributed by atoms with E-state index in [0.29, 0.717) is 6.04 Å². The Morgan fingerprint density at radius 3 is 3.00 bits per heavy atom. The molecule has 1 saturated heterocycles. The molecule has 0 aromatic heterocycles. The molecule has 1 aromatic rings. The van der Waals surface area contributed by atoms with E-state index in [9.17, 15) is 0 Å². The fraction of sp³-hybridized carbons (Fsp3) is 0.500. The second-order valence-electron chi connectivity index (χ2n) is 3.76. The van der Waals surface area contributed by atoms with Gasteiger partial charge in [-0.05, 0) is 37.0 Å². The van der Waals surface area contributed by atoms with E-state index in [1.807, 2.05) is 11.8 Å². The minimum Gasteiger partial charge on any atom is -0.381 e. The average molecular weight is 239 g/mol. The van der Waals surface area contributed by atoms with Crippen LogP contribution in [0, 0.1) is 0 Å². The van der Waals surface area contributed by atoms with Gasteiger partial charge < -0.3 is 5.32 Å². The maximum atomic E-state index is 3.66. The number of benzene rings is 1. The van der Waals surface area contributed by atoms with Gasteiger partial charge in [-0.1, -0.05) is 12.1 Å². The van der Waals surface area contributed by atoms with E-state index >= 15 is 0 Å². The number of hydrogen-bond acceptors (Lipinski definition) is 3. The molecule has 1 N–H and O–H groups in total. The molecule has 82 valence electrons. The van der Waals surface area contributed by atoms with Gasteiger partial charge in [-0.3, -0.25) is 0 Å². The Morgan fingerprint density at radius 2 is 2.27 bits per heavy atom. The molecule has 1 aliphatic heterocycles. The number of para-hydroxylation sites is 1. The van der Waals surface area contributed by atoms with Crippen molar-refractivity contribution in [3.8, 4) is 0 Å². The summed E-state index contributed by atoms with van der Waals surface area (Å²) in [6, 6.07) is 9.25. The van der Waals surface area contributed by atoms with E-state index in [0.717, 1.165) is 0 Å². The minimum atomic E-state index is 0.664. The van der Waals surface area contributed by atoms with Gasteiger partial charge in [0, 0.05) is 22.4 Å². The number of hydrogen-bond donors (Lipinski definition) is 1. The molecule has 0 radical (unpaired) electrons. The Labute approximate surface area is 100 Å². The Kier molecular flexibility index (Phi) is 4.27. The van der Waals surface area contributed by atoms with Crippen LogP contribution in [0.2, 0.25) is 0 Å². The molecule has 0 aliphatic carbocycles. The second-order valence-corrected chi connectivity index (χ2v) is 5.76. The van der Waals surface area contributed by atoms with Gasteiger partial charge in [-0.15, -0.1) is 11.8 Å². The van der Waals surface area contributed by atoms with Gasteiger partial charge in [-0.25, -0.2) is 0 Å². The summed E-state index contributed by atoms with van der Waals surface area (Å²) in [5, 5.41) is 3.66. The smallest absolute Gasteiger partial charge is 0.0480 e. The van der Waals surface area contributed by atoms with Gasteiger partial charge in [0.1, 0.15) is 0 Å². The summed E-state index contributed by atoms with van der Waals surface area (Å²) < 4.78 is 0. The molecule has 0 spiro atoms. The zero-order valence-corrected chi connectivity index (χ0v) is 10.7. The largest absolute Gasteiger partial charge is 0.381 e. The summed E-state index contributed by atoms with van der Waals surface area (Å²) >= 11 is 3.88. The first kappa shape index (κ1) is 11.2. The summed E-state index contributed by atoms with van der Waals surface area (Å²) in [4.78, 5) is 1.35. The Balaban J connectivity index is 2.02. The third-order valence-electron chi connectivity index (χ3n) is 2.63. The van der Waals surface area contributed by atoms with Crippen molar-refractivity contribution in [2.24, 2.45) is 0 Å². The maximum absolute atomic E-state index is 3.66. The highest BCUT2D eigenvalue weighted by molar-refractivity contribution is 7.99. The standard InChI is InChI=1S/C12H17NS2/c1-14-12-7-3-2-6-11(12)13-10-5-4-8-15-9-10/h2-3,6-7,10,13H,4-5,8-9H2,1H3. The summed E-state index contributed by atoms with van der Waals surface area (Å²) in [6.07, 6.45) is 4.80. The molecule has 0 bridgehead atoms. The van der Waals surface area contributed by atoms with Crippen LogP contribution in [0.15, 0.2) is 29.2 Å². The van der Waals surface area contributed by atoms with Crippen molar-refractivity contribution in [1.82, 2.24) is 0 Å². The molecule has 3 heteroatoms. The van der Waals surface area contributed by atoms with Crippen molar-refractivity contribution in [3.05, 3.63) is 24.3 Å². The zero-order valence-electron chi connectivity index (χ0n) is 9.03. The van der Waals surface area contributed by atoms with Crippen molar-refractivity contribution in [2.75, 3.05) is 23.1 Å². The van der Waals surface area contributed by atoms with Gasteiger partial charge in [0.2, 0.25) is 0 Å². The first-order valence-electron chi connectivity index (χ1n) is 5.37. The van der Waals surface area contributed by atoms with E-state index in [2.05, 4.69) is 47.6 Å². The first-order valence-corrected chi connectivity index (χ1v) is 7.75. The highest BCUT2D eigenvalue weighted by Crippen LogP contribution is 2.27. The summed E-state index contributed by atoms with van der Waals surface area (Å²) in [6.45, 7) is 0. The molecule has 1 nitrogen and oxygen atoms in total. The van der Waals surface area contributed by atoms with Gasteiger partial charge in [0.15, 0.2) is 0 Å². The molecule has 15 heavy (non-hydrogen) atoms. The van der Waals surface area contributed by atoms with Crippen LogP contribution in [-0.2, 0) is 0 Å². The van der Waals surface area contributed by atoms with Crippen molar-refractivity contribution >= 4 is 29.2 Å². The molecule has 1 aliphatic rings. The van der Waals surface area contributed by atoms with Gasteiger partial charge in [0.25, 0.3) is 0 Å². The minimum absolute atomic E-state index is 0.664. The lowest BCUT2D eigenvalue weighted by molar-refractivity contribution is 0.683. The normalized spacial score (nSPS) is 21.3. The molecular formula is C12H17NS2. The molecule has 1 fully saturated rings. The number of anilines is 1. The lowest BCUT2D eigenvalue weighted by atomic mass is 10.1. The van der Waals surface area contributed by atoms with Crippen LogP contribution in [-0.4, -0.2) is 23.8 Å². The molecular weight excluding hydrogens is 222 g/mol. The van der Waals surface area contributed by atoms with E-state index in [1.165, 1.54) is 34.9 Å². The van der Waals surface area contributed by atoms with Crippen molar-refractivity contribution in [2.45, 2.75) is 23.8 Å². The fourth-order valence-corrected chi connectivity index (χ4v) is 3.47. The molecule has 1 heterocycles. The van der Waals surface area contributed by atoms with Crippen molar-refractivity contribution in [3.63, 3.8) is 0 Å². The Bertz CT molecular complexity index is 308. The second kappa shape index (κ2) is 5.71. The van der Waals surface area contributed by atoms with Crippen LogP contribution in [0.3, 0.4) is 0 Å². The molecule has 1 unspecified atom stereocenters. The van der Waals surface area contributed by atoms with Crippen LogP contribution >= 0.6 is 23.5 Å². The van der Waals surface area contributed by atoms with E-state index in [4.69, 9.17) is 0 Å². The average Bonchev–Trinajstić information content (AvgIpc) is 2.31. The molecule has 1 atom stereocenters. The Morgan fingerprint density at radius 1 is 1.40 bits per heavy atom. The van der Waals surface area contributed by atoms with Crippen molar-refractivity contribution < 1.29 is 0 Å². The number of nitrogens with one attached hydrogen (secondary N) is 1. The third-order valence-corrected chi connectivity index (χ3v) is 4.64. The maximum Gasteiger partial charge on any atom is 0.0480 e. The van der Waals surface area contributed by atoms with E-state index in [-0.39, 0.29) is 0 Å². The lowest BCUT2D eigenvalue weighted by Gasteiger charge is -2.24. The quantitative estimate of drug-likeness (QED) is 0.808. The summed E-state index contributed by atoms with van der Waals surface area (Å²) in [5.74, 6) is 2.59. The summed E-state index contributed by atoms with van der Waals surface area (Å²) in [5.41, 5.74) is 1.30. The summed E-state index contributed by atoms with van der Waals surface area (Å²) in [7, 11) is 0. The Hall–Kier alpha value is -0.280. The molecule has 0 amide bonds. The van der Waals surface area contributed by atoms with Gasteiger partial charge in [0.05, 0.1) is 0 Å². The SMILES string of the molecule is CSc1ccccc1NC1CCCSC1. The van der Waals surface area contributed by atoms with E-state index in [1.54, 1.807) is 0 Å². The van der Waals surface area contributed by atoms with Crippen molar-refractivity contribution in [1.29, 1.82) is 0 Å². The predicted molar refractivity (Wildman–Crippen MR) is 72.2 cm³/mol. The van der Waals surface area contributed by atoms with Gasteiger partial charge in [-0.2, -0.15) is 11.8 Å². The van der Waals surface area contributed by atoms with Crippen LogP contribution in [0.1, 0.15) is 12.8 Å². The monoisotopic (exact) mass is 239 g/mol. The zero-order chi connectivity index (χ0) is 10.5. The fourth-order valence-electron chi connectivity index (χ4n) is 1.84. The number of rotatable bonds is 3. The van der Waals surface area contributed by atoms with Crippen LogP contribution in [0.4, 0.5) is 5.69 Å². The number of thioether (sulfide) groups is 2. The van der Waals surface area contributed by atoms with Crippen LogP contribution in [0.5, 0.6) is 0 Å². The van der Waals surface area contributed by atoms with Crippen LogP contribution in [0.25, 0.3) is 0 Å². The lowest BCUT2D eigenvalue weighted by Crippen LogP contribution is -2.25. The molecule has 0 saturated carbocycles. The van der Waals surface area contributed by atoms with E-state index < -0.39 is 0 Å². The molecule has 2 rings (SSSR count). The highest BCUT2D eigenvalue weighted by Gasteiger charge is 2.14. The highest BCUT2D eigenvalue weighted by atomic mass is 32.2. The first-order chi connectivity index (χ1) is 7.40. The topological polar surface area (TPSA) is 12.0 Å². The predicted octanol–water partition coefficient (Wildman–Crippen LogP) is 3.72. The van der Waals surface area contributed by atoms with Gasteiger partial charge >= 0.3 is 0 Å².